The highest BCUT2D eigenvalue weighted by atomic mass is 35.5. The van der Waals surface area contributed by atoms with Gasteiger partial charge in [-0.15, -0.1) is 23.7 Å². The van der Waals surface area contributed by atoms with Crippen molar-refractivity contribution in [3.63, 3.8) is 0 Å². The molecular weight excluding hydrogens is 304 g/mol. The Hall–Kier alpha value is -1.10. The van der Waals surface area contributed by atoms with E-state index in [1.165, 1.54) is 15.6 Å². The number of amides is 1. The third kappa shape index (κ3) is 4.43. The fourth-order valence-corrected chi connectivity index (χ4v) is 3.37. The van der Waals surface area contributed by atoms with Crippen LogP contribution < -0.4 is 11.1 Å². The van der Waals surface area contributed by atoms with Crippen LogP contribution in [-0.4, -0.2) is 18.0 Å². The Bertz CT molecular complexity index is 595. The summed E-state index contributed by atoms with van der Waals surface area (Å²) in [6, 6.07) is 8.36. The van der Waals surface area contributed by atoms with Crippen LogP contribution in [0, 0.1) is 0 Å². The molecule has 1 aromatic carbocycles. The molecule has 3 N–H and O–H groups in total. The van der Waals surface area contributed by atoms with Gasteiger partial charge in [-0.3, -0.25) is 4.79 Å². The van der Waals surface area contributed by atoms with Crippen LogP contribution in [0.2, 0.25) is 0 Å². The number of fused-ring (bicyclic) bond motifs is 1. The van der Waals surface area contributed by atoms with E-state index in [2.05, 4.69) is 35.0 Å². The van der Waals surface area contributed by atoms with Gasteiger partial charge in [0.1, 0.15) is 0 Å². The van der Waals surface area contributed by atoms with Gasteiger partial charge in [0.2, 0.25) is 5.91 Å². The van der Waals surface area contributed by atoms with E-state index in [1.54, 1.807) is 18.3 Å². The summed E-state index contributed by atoms with van der Waals surface area (Å²) in [7, 11) is 0. The third-order valence-electron chi connectivity index (χ3n) is 3.53. The monoisotopic (exact) mass is 326 g/mol. The van der Waals surface area contributed by atoms with Crippen molar-refractivity contribution in [2.45, 2.75) is 38.6 Å². The molecule has 0 bridgehead atoms. The molecule has 1 heterocycles. The Morgan fingerprint density at radius 3 is 2.81 bits per heavy atom. The van der Waals surface area contributed by atoms with E-state index in [0.717, 1.165) is 12.8 Å². The molecule has 116 valence electrons. The molecule has 0 aliphatic heterocycles. The molecule has 0 aliphatic rings. The van der Waals surface area contributed by atoms with E-state index in [0.29, 0.717) is 13.0 Å². The van der Waals surface area contributed by atoms with Crippen molar-refractivity contribution < 1.29 is 4.79 Å². The highest BCUT2D eigenvalue weighted by Gasteiger charge is 2.26. The number of halogens is 1. The molecule has 0 radical (unpaired) electrons. The minimum atomic E-state index is -0.758. The number of rotatable bonds is 6. The zero-order chi connectivity index (χ0) is 14.6. The van der Waals surface area contributed by atoms with Gasteiger partial charge in [0, 0.05) is 11.2 Å². The van der Waals surface area contributed by atoms with Crippen molar-refractivity contribution in [2.24, 2.45) is 5.73 Å². The lowest BCUT2D eigenvalue weighted by Gasteiger charge is -2.22. The summed E-state index contributed by atoms with van der Waals surface area (Å²) in [5, 5.41) is 6.41. The van der Waals surface area contributed by atoms with Crippen LogP contribution in [0.1, 0.15) is 32.3 Å². The average molecular weight is 327 g/mol. The zero-order valence-corrected chi connectivity index (χ0v) is 14.2. The van der Waals surface area contributed by atoms with Crippen LogP contribution in [0.3, 0.4) is 0 Å². The van der Waals surface area contributed by atoms with Crippen molar-refractivity contribution in [2.75, 3.05) is 6.54 Å². The topological polar surface area (TPSA) is 55.1 Å². The number of benzene rings is 1. The third-order valence-corrected chi connectivity index (χ3v) is 4.54. The van der Waals surface area contributed by atoms with Gasteiger partial charge in [-0.25, -0.2) is 0 Å². The molecule has 1 unspecified atom stereocenters. The first-order valence-corrected chi connectivity index (χ1v) is 7.95. The van der Waals surface area contributed by atoms with E-state index in [1.807, 2.05) is 6.92 Å². The second-order valence-corrected chi connectivity index (χ2v) is 6.34. The van der Waals surface area contributed by atoms with Crippen LogP contribution >= 0.6 is 23.7 Å². The maximum Gasteiger partial charge on any atom is 0.239 e. The zero-order valence-electron chi connectivity index (χ0n) is 12.5. The van der Waals surface area contributed by atoms with Gasteiger partial charge in [0.15, 0.2) is 0 Å². The summed E-state index contributed by atoms with van der Waals surface area (Å²) in [5.74, 6) is -0.0566. The number of hydrogen-bond donors (Lipinski definition) is 2. The fourth-order valence-electron chi connectivity index (χ4n) is 2.37. The number of thiophene rings is 1. The summed E-state index contributed by atoms with van der Waals surface area (Å²) in [4.78, 5) is 12.0. The SMILES string of the molecule is CCCC(C)(N)C(=O)NCCc1csc2ccccc12.Cl. The van der Waals surface area contributed by atoms with E-state index in [-0.39, 0.29) is 18.3 Å². The lowest BCUT2D eigenvalue weighted by Crippen LogP contribution is -2.51. The number of carbonyl (C=O) groups excluding carboxylic acids is 1. The van der Waals surface area contributed by atoms with E-state index in [4.69, 9.17) is 5.73 Å². The largest absolute Gasteiger partial charge is 0.354 e. The summed E-state index contributed by atoms with van der Waals surface area (Å²) in [6.45, 7) is 4.47. The Kier molecular flexibility index (Phi) is 6.65. The van der Waals surface area contributed by atoms with Gasteiger partial charge in [-0.2, -0.15) is 0 Å². The van der Waals surface area contributed by atoms with Gasteiger partial charge in [0.05, 0.1) is 5.54 Å². The molecule has 3 nitrogen and oxygen atoms in total. The molecule has 2 rings (SSSR count). The van der Waals surface area contributed by atoms with E-state index in [9.17, 15) is 4.79 Å². The van der Waals surface area contributed by atoms with Crippen LogP contribution in [-0.2, 0) is 11.2 Å². The van der Waals surface area contributed by atoms with Crippen molar-refractivity contribution in [3.8, 4) is 0 Å². The predicted octanol–water partition coefficient (Wildman–Crippen LogP) is 3.50. The first-order valence-electron chi connectivity index (χ1n) is 7.07. The standard InChI is InChI=1S/C16H22N2OS.ClH/c1-3-9-16(2,17)15(19)18-10-8-12-11-20-14-7-5-4-6-13(12)14;/h4-7,11H,3,8-10,17H2,1-2H3,(H,18,19);1H. The summed E-state index contributed by atoms with van der Waals surface area (Å²) >= 11 is 1.75. The van der Waals surface area contributed by atoms with Crippen LogP contribution in [0.25, 0.3) is 10.1 Å². The van der Waals surface area contributed by atoms with E-state index >= 15 is 0 Å². The molecule has 0 fully saturated rings. The van der Waals surface area contributed by atoms with Crippen molar-refractivity contribution >= 4 is 39.7 Å². The van der Waals surface area contributed by atoms with Crippen molar-refractivity contribution in [1.29, 1.82) is 0 Å². The van der Waals surface area contributed by atoms with E-state index < -0.39 is 5.54 Å². The molecule has 1 atom stereocenters. The van der Waals surface area contributed by atoms with Crippen molar-refractivity contribution in [1.82, 2.24) is 5.32 Å². The number of carbonyl (C=O) groups is 1. The maximum atomic E-state index is 12.0. The Labute approximate surface area is 136 Å². The van der Waals surface area contributed by atoms with Crippen LogP contribution in [0.5, 0.6) is 0 Å². The minimum Gasteiger partial charge on any atom is -0.354 e. The lowest BCUT2D eigenvalue weighted by molar-refractivity contribution is -0.126. The van der Waals surface area contributed by atoms with Gasteiger partial charge >= 0.3 is 0 Å². The lowest BCUT2D eigenvalue weighted by atomic mass is 9.96. The predicted molar refractivity (Wildman–Crippen MR) is 93.3 cm³/mol. The number of hydrogen-bond acceptors (Lipinski definition) is 3. The van der Waals surface area contributed by atoms with Gasteiger partial charge in [-0.1, -0.05) is 31.5 Å². The second-order valence-electron chi connectivity index (χ2n) is 5.43. The molecule has 1 amide bonds. The number of nitrogens with two attached hydrogens (primary N) is 1. The fraction of sp³-hybridized carbons (Fsp3) is 0.438. The highest BCUT2D eigenvalue weighted by Crippen LogP contribution is 2.25. The van der Waals surface area contributed by atoms with Crippen LogP contribution in [0.4, 0.5) is 0 Å². The summed E-state index contributed by atoms with van der Waals surface area (Å²) in [6.07, 6.45) is 2.47. The average Bonchev–Trinajstić information content (AvgIpc) is 2.82. The maximum absolute atomic E-state index is 12.0. The molecule has 5 heteroatoms. The molecule has 0 spiro atoms. The normalized spacial score (nSPS) is 13.5. The first-order chi connectivity index (χ1) is 9.54. The molecule has 0 saturated heterocycles. The smallest absolute Gasteiger partial charge is 0.239 e. The molecule has 1 aromatic heterocycles. The quantitative estimate of drug-likeness (QED) is 0.853. The minimum absolute atomic E-state index is 0. The molecule has 0 saturated carbocycles. The summed E-state index contributed by atoms with van der Waals surface area (Å²) in [5.41, 5.74) is 6.54. The molecule has 21 heavy (non-hydrogen) atoms. The van der Waals surface area contributed by atoms with Gasteiger partial charge in [-0.05, 0) is 42.2 Å². The molecule has 0 aliphatic carbocycles. The van der Waals surface area contributed by atoms with Crippen molar-refractivity contribution in [3.05, 3.63) is 35.2 Å². The molecule has 2 aromatic rings. The van der Waals surface area contributed by atoms with Gasteiger partial charge in [0.25, 0.3) is 0 Å². The summed E-state index contributed by atoms with van der Waals surface area (Å²) < 4.78 is 1.29. The highest BCUT2D eigenvalue weighted by molar-refractivity contribution is 7.17. The molecular formula is C16H23ClN2OS. The van der Waals surface area contributed by atoms with Crippen LogP contribution in [0.15, 0.2) is 29.6 Å². The Balaban J connectivity index is 0.00000220. The second kappa shape index (κ2) is 7.78. The Morgan fingerprint density at radius 1 is 1.38 bits per heavy atom. The first kappa shape index (κ1) is 18.0. The van der Waals surface area contributed by atoms with Gasteiger partial charge < -0.3 is 11.1 Å². The Morgan fingerprint density at radius 2 is 2.10 bits per heavy atom. The number of nitrogens with one attached hydrogen (secondary N) is 1.